The topological polar surface area (TPSA) is 32.7 Å². The molecule has 0 aliphatic carbocycles. The zero-order chi connectivity index (χ0) is 21.5. The number of aliphatic hydroxyl groups excluding tert-OH is 1. The monoisotopic (exact) mass is 413 g/mol. The van der Waals surface area contributed by atoms with Crippen LogP contribution < -0.4 is 4.74 Å². The molecule has 160 valence electrons. The summed E-state index contributed by atoms with van der Waals surface area (Å²) < 4.78 is 5.86. The number of hydrogen-bond acceptors (Lipinski definition) is 3. The van der Waals surface area contributed by atoms with E-state index in [1.807, 2.05) is 42.5 Å². The number of rotatable bonds is 8. The fourth-order valence-corrected chi connectivity index (χ4v) is 4.10. The molecule has 1 N–H and O–H groups in total. The van der Waals surface area contributed by atoms with Gasteiger partial charge in [0.25, 0.3) is 0 Å². The third-order valence-electron chi connectivity index (χ3n) is 6.11. The zero-order valence-electron chi connectivity index (χ0n) is 18.2. The second-order valence-electron chi connectivity index (χ2n) is 8.30. The average Bonchev–Trinajstić information content (AvgIpc) is 2.84. The minimum absolute atomic E-state index is 0.0608. The molecule has 3 nitrogen and oxygen atoms in total. The first-order valence-electron chi connectivity index (χ1n) is 11.1. The molecule has 0 amide bonds. The maximum absolute atomic E-state index is 10.9. The van der Waals surface area contributed by atoms with Crippen LogP contribution in [0.1, 0.15) is 36.1 Å². The number of aliphatic hydroxyl groups is 1. The number of ether oxygens (including phenoxy) is 1. The Balaban J connectivity index is 1.30. The quantitative estimate of drug-likeness (QED) is 0.491. The molecular weight excluding hydrogens is 382 g/mol. The second-order valence-corrected chi connectivity index (χ2v) is 8.30. The van der Waals surface area contributed by atoms with Crippen molar-refractivity contribution >= 4 is 0 Å². The van der Waals surface area contributed by atoms with Crippen LogP contribution in [0.15, 0.2) is 96.6 Å². The summed E-state index contributed by atoms with van der Waals surface area (Å²) in [6.07, 6.45) is 3.89. The van der Waals surface area contributed by atoms with E-state index in [-0.39, 0.29) is 6.04 Å². The van der Waals surface area contributed by atoms with Gasteiger partial charge in [0, 0.05) is 19.1 Å². The summed E-state index contributed by atoms with van der Waals surface area (Å²) in [6.45, 7) is 4.53. The SMILES string of the molecule is CC(C(O)c1ccc(OCc2ccccc2)cc1)N1CC=C(Cc2ccccc2)CC1. The molecule has 1 aliphatic rings. The van der Waals surface area contributed by atoms with Gasteiger partial charge in [0.2, 0.25) is 0 Å². The largest absolute Gasteiger partial charge is 0.489 e. The summed E-state index contributed by atoms with van der Waals surface area (Å²) in [7, 11) is 0. The van der Waals surface area contributed by atoms with E-state index in [9.17, 15) is 5.11 Å². The molecule has 31 heavy (non-hydrogen) atoms. The van der Waals surface area contributed by atoms with Crippen LogP contribution in [0.5, 0.6) is 5.75 Å². The van der Waals surface area contributed by atoms with Crippen LogP contribution in [0.3, 0.4) is 0 Å². The number of nitrogens with zero attached hydrogens (tertiary/aromatic N) is 1. The number of hydrogen-bond donors (Lipinski definition) is 1. The van der Waals surface area contributed by atoms with E-state index in [4.69, 9.17) is 4.74 Å². The minimum Gasteiger partial charge on any atom is -0.489 e. The van der Waals surface area contributed by atoms with E-state index in [1.165, 1.54) is 11.1 Å². The Bertz CT molecular complexity index is 967. The summed E-state index contributed by atoms with van der Waals surface area (Å²) in [5, 5.41) is 10.9. The van der Waals surface area contributed by atoms with E-state index in [1.54, 1.807) is 0 Å². The van der Waals surface area contributed by atoms with Gasteiger partial charge in [-0.25, -0.2) is 0 Å². The highest BCUT2D eigenvalue weighted by molar-refractivity contribution is 5.30. The van der Waals surface area contributed by atoms with Gasteiger partial charge >= 0.3 is 0 Å². The van der Waals surface area contributed by atoms with Gasteiger partial charge in [-0.1, -0.05) is 84.4 Å². The van der Waals surface area contributed by atoms with Gasteiger partial charge in [-0.3, -0.25) is 4.90 Å². The first kappa shape index (κ1) is 21.4. The van der Waals surface area contributed by atoms with Gasteiger partial charge in [0.15, 0.2) is 0 Å². The molecule has 1 aliphatic heterocycles. The summed E-state index contributed by atoms with van der Waals surface area (Å²) in [5.41, 5.74) is 4.93. The van der Waals surface area contributed by atoms with Crippen molar-refractivity contribution in [1.29, 1.82) is 0 Å². The molecular formula is C28H31NO2. The molecule has 2 atom stereocenters. The van der Waals surface area contributed by atoms with E-state index >= 15 is 0 Å². The fraction of sp³-hybridized carbons (Fsp3) is 0.286. The summed E-state index contributed by atoms with van der Waals surface area (Å²) in [4.78, 5) is 2.36. The Kier molecular flexibility index (Phi) is 7.18. The molecule has 0 spiro atoms. The van der Waals surface area contributed by atoms with E-state index in [0.29, 0.717) is 6.61 Å². The van der Waals surface area contributed by atoms with Gasteiger partial charge in [-0.05, 0) is 48.6 Å². The molecule has 0 saturated carbocycles. The van der Waals surface area contributed by atoms with Gasteiger partial charge in [-0.2, -0.15) is 0 Å². The van der Waals surface area contributed by atoms with Crippen molar-refractivity contribution in [2.45, 2.75) is 38.5 Å². The molecule has 0 bridgehead atoms. The highest BCUT2D eigenvalue weighted by Crippen LogP contribution is 2.26. The van der Waals surface area contributed by atoms with Crippen molar-refractivity contribution in [3.63, 3.8) is 0 Å². The van der Waals surface area contributed by atoms with Crippen molar-refractivity contribution in [1.82, 2.24) is 4.90 Å². The highest BCUT2D eigenvalue weighted by atomic mass is 16.5. The van der Waals surface area contributed by atoms with Crippen LogP contribution in [0.25, 0.3) is 0 Å². The summed E-state index contributed by atoms with van der Waals surface area (Å²) in [5.74, 6) is 0.818. The van der Waals surface area contributed by atoms with E-state index in [2.05, 4.69) is 60.4 Å². The zero-order valence-corrected chi connectivity index (χ0v) is 18.2. The summed E-state index contributed by atoms with van der Waals surface area (Å²) >= 11 is 0. The third-order valence-corrected chi connectivity index (χ3v) is 6.11. The molecule has 4 rings (SSSR count). The van der Waals surface area contributed by atoms with Crippen molar-refractivity contribution in [3.8, 4) is 5.75 Å². The molecule has 3 aromatic rings. The molecule has 2 unspecified atom stereocenters. The lowest BCUT2D eigenvalue weighted by atomic mass is 9.96. The van der Waals surface area contributed by atoms with E-state index in [0.717, 1.165) is 42.8 Å². The lowest BCUT2D eigenvalue weighted by Gasteiger charge is -2.34. The minimum atomic E-state index is -0.521. The smallest absolute Gasteiger partial charge is 0.119 e. The predicted molar refractivity (Wildman–Crippen MR) is 126 cm³/mol. The van der Waals surface area contributed by atoms with Crippen molar-refractivity contribution in [2.24, 2.45) is 0 Å². The molecule has 0 radical (unpaired) electrons. The van der Waals surface area contributed by atoms with Crippen LogP contribution >= 0.6 is 0 Å². The van der Waals surface area contributed by atoms with Crippen molar-refractivity contribution < 1.29 is 9.84 Å². The molecule has 0 saturated heterocycles. The molecule has 0 aromatic heterocycles. The number of benzene rings is 3. The first-order chi connectivity index (χ1) is 15.2. The lowest BCUT2D eigenvalue weighted by molar-refractivity contribution is 0.0623. The lowest BCUT2D eigenvalue weighted by Crippen LogP contribution is -2.40. The Labute approximate surface area is 185 Å². The molecule has 3 aromatic carbocycles. The average molecular weight is 414 g/mol. The van der Waals surface area contributed by atoms with Crippen LogP contribution in [0.4, 0.5) is 0 Å². The van der Waals surface area contributed by atoms with Crippen LogP contribution in [-0.2, 0) is 13.0 Å². The normalized spacial score (nSPS) is 16.4. The first-order valence-corrected chi connectivity index (χ1v) is 11.1. The van der Waals surface area contributed by atoms with Crippen molar-refractivity contribution in [3.05, 3.63) is 113 Å². The Morgan fingerprint density at radius 2 is 1.52 bits per heavy atom. The molecule has 0 fully saturated rings. The van der Waals surface area contributed by atoms with Gasteiger partial charge in [-0.15, -0.1) is 0 Å². The fourth-order valence-electron chi connectivity index (χ4n) is 4.10. The van der Waals surface area contributed by atoms with Gasteiger partial charge in [0.05, 0.1) is 6.10 Å². The maximum Gasteiger partial charge on any atom is 0.119 e. The second kappa shape index (κ2) is 10.4. The van der Waals surface area contributed by atoms with Crippen LogP contribution in [0.2, 0.25) is 0 Å². The standard InChI is InChI=1S/C28H31NO2/c1-22(29-18-16-24(17-19-29)20-23-8-4-2-5-9-23)28(30)26-12-14-27(15-13-26)31-21-25-10-6-3-7-11-25/h2-16,22,28,30H,17-21H2,1H3. The van der Waals surface area contributed by atoms with Crippen LogP contribution in [-0.4, -0.2) is 29.1 Å². The predicted octanol–water partition coefficient (Wildman–Crippen LogP) is 5.56. The Morgan fingerprint density at radius 1 is 0.871 bits per heavy atom. The Morgan fingerprint density at radius 3 is 2.13 bits per heavy atom. The van der Waals surface area contributed by atoms with Crippen LogP contribution in [0, 0.1) is 0 Å². The maximum atomic E-state index is 10.9. The van der Waals surface area contributed by atoms with Crippen molar-refractivity contribution in [2.75, 3.05) is 13.1 Å². The van der Waals surface area contributed by atoms with Gasteiger partial charge < -0.3 is 9.84 Å². The van der Waals surface area contributed by atoms with E-state index < -0.39 is 6.10 Å². The highest BCUT2D eigenvalue weighted by Gasteiger charge is 2.24. The molecule has 1 heterocycles. The molecule has 3 heteroatoms. The third kappa shape index (κ3) is 5.84. The Hall–Kier alpha value is -2.88. The summed E-state index contributed by atoms with van der Waals surface area (Å²) in [6, 6.07) is 28.7. The van der Waals surface area contributed by atoms with Gasteiger partial charge in [0.1, 0.15) is 12.4 Å².